The number of primary sulfonamides is 1. The predicted octanol–water partition coefficient (Wildman–Crippen LogP) is 2.86. The maximum atomic E-state index is 11.4. The monoisotopic (exact) mass is 261 g/mol. The predicted molar refractivity (Wildman–Crippen MR) is 68.4 cm³/mol. The molecule has 0 fully saturated rings. The van der Waals surface area contributed by atoms with Crippen LogP contribution in [0.25, 0.3) is 0 Å². The van der Waals surface area contributed by atoms with Gasteiger partial charge in [-0.15, -0.1) is 11.3 Å². The summed E-state index contributed by atoms with van der Waals surface area (Å²) in [4.78, 5) is 0. The molecule has 0 radical (unpaired) electrons. The fourth-order valence-corrected chi connectivity index (χ4v) is 3.96. The lowest BCUT2D eigenvalue weighted by molar-refractivity contribution is 0.598. The summed E-state index contributed by atoms with van der Waals surface area (Å²) in [5.74, 6) is 0.346. The highest BCUT2D eigenvalue weighted by Gasteiger charge is 2.20. The molecule has 5 heteroatoms. The maximum absolute atomic E-state index is 11.4. The minimum Gasteiger partial charge on any atom is -0.224 e. The molecule has 0 bridgehead atoms. The normalized spacial score (nSPS) is 12.3. The Kier molecular flexibility index (Phi) is 4.52. The number of thiophene rings is 1. The van der Waals surface area contributed by atoms with Gasteiger partial charge in [0.2, 0.25) is 10.0 Å². The summed E-state index contributed by atoms with van der Waals surface area (Å²) in [5.41, 5.74) is 2.06. The summed E-state index contributed by atoms with van der Waals surface area (Å²) in [6.07, 6.45) is 2.86. The van der Waals surface area contributed by atoms with Crippen molar-refractivity contribution in [2.24, 2.45) is 5.14 Å². The third kappa shape index (κ3) is 3.06. The highest BCUT2D eigenvalue weighted by atomic mass is 32.2. The second kappa shape index (κ2) is 5.29. The highest BCUT2D eigenvalue weighted by Crippen LogP contribution is 2.32. The Labute approximate surface area is 102 Å². The fraction of sp³-hybridized carbons (Fsp3) is 0.636. The van der Waals surface area contributed by atoms with E-state index >= 15 is 0 Å². The molecule has 2 N–H and O–H groups in total. The van der Waals surface area contributed by atoms with Crippen LogP contribution in [0.5, 0.6) is 0 Å². The molecule has 0 aliphatic heterocycles. The Hall–Kier alpha value is -0.390. The standard InChI is InChI=1S/C11H19NO2S2/c1-4-5-6-9-10(8(2)3)7-15-11(9)16(12,13)14/h7-8H,4-6H2,1-3H3,(H2,12,13,14). The lowest BCUT2D eigenvalue weighted by Gasteiger charge is -2.08. The highest BCUT2D eigenvalue weighted by molar-refractivity contribution is 7.91. The van der Waals surface area contributed by atoms with Gasteiger partial charge >= 0.3 is 0 Å². The molecule has 0 aromatic carbocycles. The summed E-state index contributed by atoms with van der Waals surface area (Å²) in [6.45, 7) is 6.24. The number of hydrogen-bond donors (Lipinski definition) is 1. The van der Waals surface area contributed by atoms with E-state index in [1.165, 1.54) is 11.3 Å². The van der Waals surface area contributed by atoms with Crippen molar-refractivity contribution in [3.8, 4) is 0 Å². The van der Waals surface area contributed by atoms with Gasteiger partial charge in [-0.3, -0.25) is 0 Å². The molecular formula is C11H19NO2S2. The van der Waals surface area contributed by atoms with Crippen LogP contribution in [0.4, 0.5) is 0 Å². The van der Waals surface area contributed by atoms with Crippen molar-refractivity contribution < 1.29 is 8.42 Å². The molecule has 0 saturated heterocycles. The molecule has 0 atom stereocenters. The van der Waals surface area contributed by atoms with E-state index in [1.807, 2.05) is 5.38 Å². The molecule has 0 aliphatic carbocycles. The topological polar surface area (TPSA) is 60.2 Å². The molecule has 1 aromatic rings. The minimum atomic E-state index is -3.56. The number of rotatable bonds is 5. The quantitative estimate of drug-likeness (QED) is 0.886. The van der Waals surface area contributed by atoms with Crippen molar-refractivity contribution in [2.75, 3.05) is 0 Å². The van der Waals surface area contributed by atoms with E-state index in [9.17, 15) is 8.42 Å². The molecule has 1 heterocycles. The smallest absolute Gasteiger partial charge is 0.224 e. The van der Waals surface area contributed by atoms with E-state index in [1.54, 1.807) is 0 Å². The minimum absolute atomic E-state index is 0.346. The van der Waals surface area contributed by atoms with Gasteiger partial charge in [-0.2, -0.15) is 0 Å². The van der Waals surface area contributed by atoms with Crippen LogP contribution in [0.15, 0.2) is 9.59 Å². The van der Waals surface area contributed by atoms with Crippen molar-refractivity contribution >= 4 is 21.4 Å². The van der Waals surface area contributed by atoms with Crippen LogP contribution in [0, 0.1) is 0 Å². The van der Waals surface area contributed by atoms with Gasteiger partial charge in [0.25, 0.3) is 0 Å². The van der Waals surface area contributed by atoms with E-state index in [0.29, 0.717) is 10.1 Å². The molecular weight excluding hydrogens is 242 g/mol. The average Bonchev–Trinajstić information content (AvgIpc) is 2.57. The molecule has 0 amide bonds. The summed E-state index contributed by atoms with van der Waals surface area (Å²) < 4.78 is 23.2. The van der Waals surface area contributed by atoms with Crippen LogP contribution in [0.3, 0.4) is 0 Å². The molecule has 92 valence electrons. The second-order valence-corrected chi connectivity index (χ2v) is 6.90. The van der Waals surface area contributed by atoms with Crippen molar-refractivity contribution in [1.82, 2.24) is 0 Å². The molecule has 3 nitrogen and oxygen atoms in total. The molecule has 0 unspecified atom stereocenters. The molecule has 1 aromatic heterocycles. The Morgan fingerprint density at radius 3 is 2.50 bits per heavy atom. The van der Waals surface area contributed by atoms with Gasteiger partial charge < -0.3 is 0 Å². The summed E-state index contributed by atoms with van der Waals surface area (Å²) >= 11 is 1.25. The first-order valence-electron chi connectivity index (χ1n) is 5.51. The summed E-state index contributed by atoms with van der Waals surface area (Å²) in [7, 11) is -3.56. The molecule has 1 rings (SSSR count). The van der Waals surface area contributed by atoms with Crippen molar-refractivity contribution in [3.05, 3.63) is 16.5 Å². The van der Waals surface area contributed by atoms with Crippen LogP contribution in [-0.2, 0) is 16.4 Å². The Balaban J connectivity index is 3.20. The van der Waals surface area contributed by atoms with Gasteiger partial charge in [0.1, 0.15) is 4.21 Å². The van der Waals surface area contributed by atoms with Gasteiger partial charge in [0.05, 0.1) is 0 Å². The van der Waals surface area contributed by atoms with Crippen LogP contribution in [0.2, 0.25) is 0 Å². The average molecular weight is 261 g/mol. The van der Waals surface area contributed by atoms with E-state index in [4.69, 9.17) is 5.14 Å². The lowest BCUT2D eigenvalue weighted by Crippen LogP contribution is -2.13. The number of unbranched alkanes of at least 4 members (excludes halogenated alkanes) is 1. The van der Waals surface area contributed by atoms with E-state index < -0.39 is 10.0 Å². The Morgan fingerprint density at radius 1 is 1.44 bits per heavy atom. The summed E-state index contributed by atoms with van der Waals surface area (Å²) in [5, 5.41) is 7.15. The van der Waals surface area contributed by atoms with Crippen molar-refractivity contribution in [3.63, 3.8) is 0 Å². The van der Waals surface area contributed by atoms with Crippen molar-refractivity contribution in [2.45, 2.75) is 50.2 Å². The molecule has 0 saturated carbocycles. The first-order chi connectivity index (χ1) is 7.38. The number of sulfonamides is 1. The van der Waals surface area contributed by atoms with Crippen LogP contribution < -0.4 is 5.14 Å². The first-order valence-corrected chi connectivity index (χ1v) is 7.93. The fourth-order valence-electron chi connectivity index (χ4n) is 1.70. The van der Waals surface area contributed by atoms with Gasteiger partial charge in [-0.25, -0.2) is 13.6 Å². The van der Waals surface area contributed by atoms with E-state index in [2.05, 4.69) is 20.8 Å². The largest absolute Gasteiger partial charge is 0.247 e. The van der Waals surface area contributed by atoms with Crippen LogP contribution in [-0.4, -0.2) is 8.42 Å². The van der Waals surface area contributed by atoms with Crippen LogP contribution >= 0.6 is 11.3 Å². The third-order valence-electron chi connectivity index (χ3n) is 2.55. The second-order valence-electron chi connectivity index (χ2n) is 4.26. The third-order valence-corrected chi connectivity index (χ3v) is 5.13. The zero-order chi connectivity index (χ0) is 12.3. The van der Waals surface area contributed by atoms with Crippen LogP contribution in [0.1, 0.15) is 50.7 Å². The Bertz CT molecular complexity index is 447. The van der Waals surface area contributed by atoms with Gasteiger partial charge in [-0.05, 0) is 35.3 Å². The number of hydrogen-bond acceptors (Lipinski definition) is 3. The lowest BCUT2D eigenvalue weighted by atomic mass is 9.99. The van der Waals surface area contributed by atoms with Gasteiger partial charge in [0, 0.05) is 0 Å². The molecule has 0 spiro atoms. The van der Waals surface area contributed by atoms with Gasteiger partial charge in [-0.1, -0.05) is 27.2 Å². The van der Waals surface area contributed by atoms with E-state index in [0.717, 1.165) is 30.4 Å². The molecule has 16 heavy (non-hydrogen) atoms. The zero-order valence-corrected chi connectivity index (χ0v) is 11.6. The molecule has 0 aliphatic rings. The number of nitrogens with two attached hydrogens (primary N) is 1. The summed E-state index contributed by atoms with van der Waals surface area (Å²) in [6, 6.07) is 0. The first kappa shape index (κ1) is 13.7. The zero-order valence-electron chi connectivity index (χ0n) is 9.99. The van der Waals surface area contributed by atoms with Gasteiger partial charge in [0.15, 0.2) is 0 Å². The van der Waals surface area contributed by atoms with E-state index in [-0.39, 0.29) is 0 Å². The maximum Gasteiger partial charge on any atom is 0.247 e. The van der Waals surface area contributed by atoms with Crippen molar-refractivity contribution in [1.29, 1.82) is 0 Å². The SMILES string of the molecule is CCCCc1c(C(C)C)csc1S(N)(=O)=O. The Morgan fingerprint density at radius 2 is 2.06 bits per heavy atom.